The van der Waals surface area contributed by atoms with Gasteiger partial charge in [-0.25, -0.2) is 0 Å². The molecule has 0 radical (unpaired) electrons. The summed E-state index contributed by atoms with van der Waals surface area (Å²) in [6, 6.07) is 0. The SMILES string of the molecule is CC(C)(CN1CCC(CNC(=O)C(F)F)C1)N1CCOCC1. The smallest absolute Gasteiger partial charge is 0.315 e. The van der Waals surface area contributed by atoms with Gasteiger partial charge in [0.1, 0.15) is 0 Å². The lowest BCUT2D eigenvalue weighted by Crippen LogP contribution is -2.55. The molecule has 2 aliphatic heterocycles. The Morgan fingerprint density at radius 3 is 2.64 bits per heavy atom. The lowest BCUT2D eigenvalue weighted by atomic mass is 10.0. The maximum absolute atomic E-state index is 12.2. The van der Waals surface area contributed by atoms with E-state index in [2.05, 4.69) is 29.0 Å². The minimum atomic E-state index is -2.92. The van der Waals surface area contributed by atoms with Crippen LogP contribution < -0.4 is 5.32 Å². The molecule has 1 atom stereocenters. The Bertz CT molecular complexity index is 374. The van der Waals surface area contributed by atoms with Crippen molar-refractivity contribution in [2.45, 2.75) is 32.2 Å². The van der Waals surface area contributed by atoms with Crippen LogP contribution in [0.15, 0.2) is 0 Å². The van der Waals surface area contributed by atoms with Crippen molar-refractivity contribution in [2.24, 2.45) is 5.92 Å². The minimum Gasteiger partial charge on any atom is -0.379 e. The molecule has 0 spiro atoms. The monoisotopic (exact) mass is 319 g/mol. The predicted molar refractivity (Wildman–Crippen MR) is 80.0 cm³/mol. The van der Waals surface area contributed by atoms with Crippen LogP contribution in [0.5, 0.6) is 0 Å². The fourth-order valence-corrected chi connectivity index (χ4v) is 3.36. The number of hydrogen-bond acceptors (Lipinski definition) is 4. The molecule has 0 aliphatic carbocycles. The zero-order chi connectivity index (χ0) is 16.2. The number of morpholine rings is 1. The van der Waals surface area contributed by atoms with Gasteiger partial charge >= 0.3 is 6.43 Å². The Labute approximate surface area is 131 Å². The number of halogens is 2. The van der Waals surface area contributed by atoms with E-state index in [0.29, 0.717) is 6.54 Å². The van der Waals surface area contributed by atoms with Crippen LogP contribution >= 0.6 is 0 Å². The second-order valence-electron chi connectivity index (χ2n) is 6.85. The Morgan fingerprint density at radius 1 is 1.32 bits per heavy atom. The highest BCUT2D eigenvalue weighted by Crippen LogP contribution is 2.22. The average Bonchev–Trinajstić information content (AvgIpc) is 2.92. The van der Waals surface area contributed by atoms with Crippen LogP contribution in [0, 0.1) is 5.92 Å². The molecular formula is C15H27F2N3O2. The Kier molecular flexibility index (Phi) is 6.11. The molecule has 7 heteroatoms. The summed E-state index contributed by atoms with van der Waals surface area (Å²) < 4.78 is 29.7. The molecule has 2 saturated heterocycles. The zero-order valence-electron chi connectivity index (χ0n) is 13.5. The van der Waals surface area contributed by atoms with Gasteiger partial charge in [0.25, 0.3) is 5.91 Å². The number of carbonyl (C=O) groups excluding carboxylic acids is 1. The maximum Gasteiger partial charge on any atom is 0.315 e. The van der Waals surface area contributed by atoms with Crippen molar-refractivity contribution in [2.75, 3.05) is 52.5 Å². The molecule has 0 aromatic rings. The summed E-state index contributed by atoms with van der Waals surface area (Å²) in [5.41, 5.74) is 0.0743. The number of carbonyl (C=O) groups is 1. The van der Waals surface area contributed by atoms with Crippen LogP contribution in [-0.4, -0.2) is 80.2 Å². The first kappa shape index (κ1) is 17.6. The van der Waals surface area contributed by atoms with Crippen molar-refractivity contribution in [1.82, 2.24) is 15.1 Å². The van der Waals surface area contributed by atoms with Gasteiger partial charge in [-0.2, -0.15) is 8.78 Å². The van der Waals surface area contributed by atoms with Crippen LogP contribution in [0.2, 0.25) is 0 Å². The molecule has 2 aliphatic rings. The van der Waals surface area contributed by atoms with Gasteiger partial charge in [0.2, 0.25) is 0 Å². The van der Waals surface area contributed by atoms with Crippen LogP contribution in [0.1, 0.15) is 20.3 Å². The van der Waals surface area contributed by atoms with E-state index in [1.165, 1.54) is 0 Å². The van der Waals surface area contributed by atoms with Gasteiger partial charge in [-0.1, -0.05) is 0 Å². The molecule has 0 saturated carbocycles. The van der Waals surface area contributed by atoms with E-state index in [-0.39, 0.29) is 11.5 Å². The number of ether oxygens (including phenoxy) is 1. The summed E-state index contributed by atoms with van der Waals surface area (Å²) in [4.78, 5) is 15.7. The predicted octanol–water partition coefficient (Wildman–Crippen LogP) is 0.800. The van der Waals surface area contributed by atoms with Crippen molar-refractivity contribution < 1.29 is 18.3 Å². The summed E-state index contributed by atoms with van der Waals surface area (Å²) in [5, 5.41) is 2.33. The highest BCUT2D eigenvalue weighted by atomic mass is 19.3. The maximum atomic E-state index is 12.2. The molecule has 128 valence electrons. The molecule has 5 nitrogen and oxygen atoms in total. The van der Waals surface area contributed by atoms with Crippen molar-refractivity contribution in [3.8, 4) is 0 Å². The standard InChI is InChI=1S/C15H27F2N3O2/c1-15(2,20-5-7-22-8-6-20)11-19-4-3-12(10-19)9-18-14(21)13(16)17/h12-13H,3-11H2,1-2H3,(H,18,21). The molecule has 1 unspecified atom stereocenters. The van der Waals surface area contributed by atoms with Crippen LogP contribution in [0.4, 0.5) is 8.78 Å². The number of amides is 1. The van der Waals surface area contributed by atoms with Gasteiger partial charge in [-0.15, -0.1) is 0 Å². The van der Waals surface area contributed by atoms with Crippen molar-refractivity contribution in [1.29, 1.82) is 0 Å². The van der Waals surface area contributed by atoms with E-state index < -0.39 is 12.3 Å². The van der Waals surface area contributed by atoms with E-state index in [1.807, 2.05) is 0 Å². The molecule has 0 bridgehead atoms. The molecule has 1 N–H and O–H groups in total. The minimum absolute atomic E-state index is 0.0743. The van der Waals surface area contributed by atoms with Gasteiger partial charge in [0.15, 0.2) is 0 Å². The van der Waals surface area contributed by atoms with Gasteiger partial charge in [0, 0.05) is 38.3 Å². The summed E-state index contributed by atoms with van der Waals surface area (Å²) in [6.07, 6.45) is -1.97. The van der Waals surface area contributed by atoms with E-state index in [4.69, 9.17) is 4.74 Å². The summed E-state index contributed by atoms with van der Waals surface area (Å²) in [7, 11) is 0. The van der Waals surface area contributed by atoms with Gasteiger partial charge < -0.3 is 15.0 Å². The first-order valence-corrected chi connectivity index (χ1v) is 7.99. The number of nitrogens with zero attached hydrogens (tertiary/aromatic N) is 2. The van der Waals surface area contributed by atoms with Gasteiger partial charge in [0.05, 0.1) is 13.2 Å². The largest absolute Gasteiger partial charge is 0.379 e. The van der Waals surface area contributed by atoms with Gasteiger partial charge in [-0.3, -0.25) is 9.69 Å². The average molecular weight is 319 g/mol. The summed E-state index contributed by atoms with van der Waals surface area (Å²) in [5.74, 6) is -0.893. The van der Waals surface area contributed by atoms with Crippen molar-refractivity contribution in [3.05, 3.63) is 0 Å². The van der Waals surface area contributed by atoms with E-state index in [1.54, 1.807) is 0 Å². The van der Waals surface area contributed by atoms with Crippen molar-refractivity contribution in [3.63, 3.8) is 0 Å². The van der Waals surface area contributed by atoms with Crippen molar-refractivity contribution >= 4 is 5.91 Å². The number of nitrogens with one attached hydrogen (secondary N) is 1. The number of alkyl halides is 2. The van der Waals surface area contributed by atoms with Crippen LogP contribution in [0.25, 0.3) is 0 Å². The second-order valence-corrected chi connectivity index (χ2v) is 6.85. The molecule has 22 heavy (non-hydrogen) atoms. The molecule has 0 aromatic heterocycles. The fraction of sp³-hybridized carbons (Fsp3) is 0.933. The zero-order valence-corrected chi connectivity index (χ0v) is 13.5. The van der Waals surface area contributed by atoms with E-state index in [0.717, 1.165) is 52.4 Å². The third-order valence-corrected chi connectivity index (χ3v) is 4.61. The number of hydrogen-bond donors (Lipinski definition) is 1. The van der Waals surface area contributed by atoms with E-state index >= 15 is 0 Å². The van der Waals surface area contributed by atoms with E-state index in [9.17, 15) is 13.6 Å². The Hall–Kier alpha value is -0.790. The third-order valence-electron chi connectivity index (χ3n) is 4.61. The number of rotatable bonds is 6. The first-order valence-electron chi connectivity index (χ1n) is 7.99. The van der Waals surface area contributed by atoms with Crippen LogP contribution in [0.3, 0.4) is 0 Å². The normalized spacial score (nSPS) is 24.9. The summed E-state index contributed by atoms with van der Waals surface area (Å²) in [6.45, 7) is 11.1. The lowest BCUT2D eigenvalue weighted by molar-refractivity contribution is -0.131. The second kappa shape index (κ2) is 7.66. The highest BCUT2D eigenvalue weighted by Gasteiger charge is 2.33. The quantitative estimate of drug-likeness (QED) is 0.787. The van der Waals surface area contributed by atoms with Gasteiger partial charge in [-0.05, 0) is 32.7 Å². The molecular weight excluding hydrogens is 292 g/mol. The molecule has 1 amide bonds. The third kappa shape index (κ3) is 4.86. The fourth-order valence-electron chi connectivity index (χ4n) is 3.36. The topological polar surface area (TPSA) is 44.8 Å². The first-order chi connectivity index (χ1) is 10.4. The molecule has 2 fully saturated rings. The molecule has 0 aromatic carbocycles. The number of likely N-dealkylation sites (tertiary alicyclic amines) is 1. The molecule has 2 rings (SSSR count). The Morgan fingerprint density at radius 2 is 2.00 bits per heavy atom. The van der Waals surface area contributed by atoms with Crippen LogP contribution in [-0.2, 0) is 9.53 Å². The Balaban J connectivity index is 1.74. The lowest BCUT2D eigenvalue weighted by Gasteiger charge is -2.43. The summed E-state index contributed by atoms with van der Waals surface area (Å²) >= 11 is 0. The molecule has 2 heterocycles. The highest BCUT2D eigenvalue weighted by molar-refractivity contribution is 5.79.